The number of rotatable bonds is 56. The lowest BCUT2D eigenvalue weighted by Crippen LogP contribution is -2.57. The minimum absolute atomic E-state index is 0.105. The van der Waals surface area contributed by atoms with E-state index in [1.807, 2.05) is 0 Å². The van der Waals surface area contributed by atoms with Crippen molar-refractivity contribution >= 4 is 67.5 Å². The second kappa shape index (κ2) is 53.9. The van der Waals surface area contributed by atoms with E-state index in [1.54, 1.807) is 0 Å². The number of hydrogen-bond donors (Lipinski definition) is 11. The number of nitrogens with two attached hydrogens (primary N) is 1. The molecule has 0 rings (SSSR count). The fourth-order valence-corrected chi connectivity index (χ4v) is 9.71. The molecule has 0 radical (unpaired) electrons. The number of carboxylic acid groups (broad SMARTS) is 1. The summed E-state index contributed by atoms with van der Waals surface area (Å²) in [4.78, 5) is 132. The molecule has 536 valence electrons. The Balaban J connectivity index is 0. The molecule has 0 fully saturated rings. The Morgan fingerprint density at radius 3 is 1.48 bits per heavy atom. The number of carboxylic acids is 1. The number of phosphoric ester groups is 1. The number of amides is 6. The molecule has 6 amide bonds. The number of phosphoric acid groups is 1. The fourth-order valence-electron chi connectivity index (χ4n) is 8.96. The van der Waals surface area contributed by atoms with Gasteiger partial charge >= 0.3 is 31.9 Å². The minimum atomic E-state index is -5.08. The molecule has 0 bridgehead atoms. The molecule has 27 nitrogen and oxygen atoms in total. The zero-order valence-corrected chi connectivity index (χ0v) is 55.8. The average molecular weight is 1350 g/mol. The Bertz CT molecular complexity index is 2150. The van der Waals surface area contributed by atoms with Crippen LogP contribution >= 0.6 is 7.82 Å². The molecule has 0 aromatic carbocycles. The predicted molar refractivity (Wildman–Crippen MR) is 333 cm³/mol. The van der Waals surface area contributed by atoms with Crippen molar-refractivity contribution in [2.75, 3.05) is 33.0 Å². The molecule has 0 aromatic rings. The molecule has 0 aliphatic rings. The van der Waals surface area contributed by atoms with Gasteiger partial charge in [0.1, 0.15) is 61.5 Å². The van der Waals surface area contributed by atoms with Crippen LogP contribution in [-0.2, 0) is 75.8 Å². The van der Waals surface area contributed by atoms with E-state index < -0.39 is 155 Å². The molecule has 0 saturated carbocycles. The molecule has 12 N–H and O–H groups in total. The summed E-state index contributed by atoms with van der Waals surface area (Å²) < 4.78 is 71.2. The molecule has 92 heavy (non-hydrogen) atoms. The third-order valence-electron chi connectivity index (χ3n) is 14.4. The van der Waals surface area contributed by atoms with Crippen molar-refractivity contribution in [2.45, 2.75) is 295 Å². The number of halogens is 3. The van der Waals surface area contributed by atoms with Gasteiger partial charge in [-0.15, -0.1) is 0 Å². The molecular weight excluding hydrogens is 1240 g/mol. The van der Waals surface area contributed by atoms with Crippen molar-refractivity contribution in [3.05, 3.63) is 0 Å². The molecule has 0 heterocycles. The summed E-state index contributed by atoms with van der Waals surface area (Å²) >= 11 is 0. The maximum atomic E-state index is 13.0. The second-order valence-corrected chi connectivity index (χ2v) is 24.3. The Kier molecular flexibility index (Phi) is 52.0. The number of esters is 2. The largest absolute Gasteiger partial charge is 0.490 e. The lowest BCUT2D eigenvalue weighted by atomic mass is 10.0. The third kappa shape index (κ3) is 48.4. The van der Waals surface area contributed by atoms with E-state index in [0.717, 1.165) is 51.9 Å². The van der Waals surface area contributed by atoms with Gasteiger partial charge in [0.05, 0.1) is 19.8 Å². The number of aliphatic hydroxyl groups excluding tert-OH is 3. The summed E-state index contributed by atoms with van der Waals surface area (Å²) in [7, 11) is -4.81. The summed E-state index contributed by atoms with van der Waals surface area (Å²) in [5, 5.41) is 48.5. The Labute approximate surface area is 540 Å². The molecular formula is C61H110F3N6O21P. The molecule has 0 aliphatic heterocycles. The summed E-state index contributed by atoms with van der Waals surface area (Å²) in [6, 6.07) is -5.52. The van der Waals surface area contributed by atoms with Gasteiger partial charge in [0, 0.05) is 32.7 Å². The minimum Gasteiger partial charge on any atom is -0.475 e. The number of nitrogens with one attached hydrogen (secondary N) is 5. The number of aldehydes is 1. The van der Waals surface area contributed by atoms with Gasteiger partial charge in [-0.3, -0.25) is 47.4 Å². The van der Waals surface area contributed by atoms with E-state index in [9.17, 15) is 81.1 Å². The lowest BCUT2D eigenvalue weighted by molar-refractivity contribution is -0.192. The van der Waals surface area contributed by atoms with Crippen LogP contribution in [0.5, 0.6) is 0 Å². The topological polar surface area (TPSA) is 421 Å². The summed E-state index contributed by atoms with van der Waals surface area (Å²) in [6.07, 6.45) is 16.2. The van der Waals surface area contributed by atoms with Crippen LogP contribution in [0.2, 0.25) is 0 Å². The van der Waals surface area contributed by atoms with E-state index in [1.165, 1.54) is 130 Å². The molecule has 0 aliphatic carbocycles. The van der Waals surface area contributed by atoms with Crippen LogP contribution in [0.1, 0.15) is 234 Å². The number of ether oxygens (including phenoxy) is 3. The van der Waals surface area contributed by atoms with Crippen LogP contribution in [0.25, 0.3) is 0 Å². The van der Waals surface area contributed by atoms with E-state index in [-0.39, 0.29) is 32.1 Å². The van der Waals surface area contributed by atoms with Crippen molar-refractivity contribution in [3.8, 4) is 0 Å². The molecule has 31 heteroatoms. The zero-order valence-electron chi connectivity index (χ0n) is 54.9. The van der Waals surface area contributed by atoms with Gasteiger partial charge in [-0.1, -0.05) is 168 Å². The van der Waals surface area contributed by atoms with Crippen LogP contribution in [0, 0.1) is 0 Å². The van der Waals surface area contributed by atoms with Crippen molar-refractivity contribution in [1.29, 1.82) is 0 Å². The standard InChI is InChI=1S/C59H109N6O19P.C2HF3O2/c1-7-9-11-13-15-17-19-21-23-25-27-29-31-33-52(71)80-41-47(84-53(72)34-32-30-28-26-24-22-20-18-16-14-12-10-8-2)42-82-85(78,79)81-38-37-61-57(75)43(3)62-51(70)36-35-48(56(60)74)65-58(76)44(4)63-59(77)45(5)83-55(54(73)50(69)40-67)49(39-66)64-46(6)68;3-2(4,5)1(6)7/h39,43-45,47-50,54-55,67,69,73H,7-38,40-42H2,1-6H3,(H2,60,74)(H,61,75)(H,62,70)(H,63,77)(H,64,68)(H,65,76)(H,78,79);(H,6,7)/t43-,44-,45+,47+,48+,49-,50+,54+,55+;/m0./s1. The second-order valence-electron chi connectivity index (χ2n) is 22.8. The third-order valence-corrected chi connectivity index (χ3v) is 15.4. The quantitative estimate of drug-likeness (QED) is 0.0139. The number of aliphatic hydroxyl groups is 3. The van der Waals surface area contributed by atoms with Crippen molar-refractivity contribution in [3.63, 3.8) is 0 Å². The Hall–Kier alpha value is -5.36. The van der Waals surface area contributed by atoms with Gasteiger partial charge in [0.2, 0.25) is 35.4 Å². The number of hydrogen-bond acceptors (Lipinski definition) is 19. The number of carbonyl (C=O) groups excluding carboxylic acids is 9. The summed E-state index contributed by atoms with van der Waals surface area (Å²) in [5.41, 5.74) is 5.46. The summed E-state index contributed by atoms with van der Waals surface area (Å²) in [6.45, 7) is 6.40. The first-order valence-corrected chi connectivity index (χ1v) is 34.0. The number of aliphatic carboxylic acids is 1. The van der Waals surface area contributed by atoms with Crippen LogP contribution in [-0.4, -0.2) is 179 Å². The van der Waals surface area contributed by atoms with E-state index in [4.69, 9.17) is 38.9 Å². The highest BCUT2D eigenvalue weighted by molar-refractivity contribution is 7.47. The SMILES string of the molecule is CCCCCCCCCCCCCCCC(=O)OC[C@H](COP(=O)(O)OCCNC(=O)[C@H](C)NC(=O)CC[C@@H](NC(=O)[C@H](C)NC(=O)[C@@H](C)O[C@@H]([C@H](O)[C@H](O)CO)[C@H](C=O)NC(C)=O)C(N)=O)OC(=O)CCCCCCCCCCCCCCC.O=C(O)C(F)(F)F. The number of unbranched alkanes of at least 4 members (excludes halogenated alkanes) is 24. The lowest BCUT2D eigenvalue weighted by Gasteiger charge is -2.32. The number of alkyl halides is 3. The first-order valence-electron chi connectivity index (χ1n) is 32.5. The Morgan fingerprint density at radius 2 is 1.05 bits per heavy atom. The van der Waals surface area contributed by atoms with Gasteiger partial charge in [-0.2, -0.15) is 13.2 Å². The highest BCUT2D eigenvalue weighted by Gasteiger charge is 2.39. The fraction of sp³-hybridized carbons (Fsp3) is 0.836. The zero-order chi connectivity index (χ0) is 69.9. The molecule has 1 unspecified atom stereocenters. The Morgan fingerprint density at radius 1 is 0.609 bits per heavy atom. The van der Waals surface area contributed by atoms with E-state index in [0.29, 0.717) is 12.8 Å². The molecule has 10 atom stereocenters. The van der Waals surface area contributed by atoms with Gasteiger partial charge in [-0.05, 0) is 40.0 Å². The van der Waals surface area contributed by atoms with Crippen LogP contribution < -0.4 is 32.3 Å². The average Bonchev–Trinajstić information content (AvgIpc) is 1.16. The van der Waals surface area contributed by atoms with Crippen molar-refractivity contribution in [2.24, 2.45) is 5.73 Å². The summed E-state index contributed by atoms with van der Waals surface area (Å²) in [5.74, 6) is -8.94. The van der Waals surface area contributed by atoms with Crippen molar-refractivity contribution < 1.29 is 114 Å². The number of primary amides is 1. The normalized spacial score (nSPS) is 15.0. The van der Waals surface area contributed by atoms with E-state index >= 15 is 0 Å². The van der Waals surface area contributed by atoms with Crippen molar-refractivity contribution in [1.82, 2.24) is 26.6 Å². The van der Waals surface area contributed by atoms with Crippen LogP contribution in [0.3, 0.4) is 0 Å². The molecule has 0 saturated heterocycles. The van der Waals surface area contributed by atoms with Crippen LogP contribution in [0.4, 0.5) is 13.2 Å². The van der Waals surface area contributed by atoms with Gasteiger partial charge in [-0.25, -0.2) is 9.36 Å². The highest BCUT2D eigenvalue weighted by atomic mass is 31.2. The van der Waals surface area contributed by atoms with Gasteiger partial charge in [0.15, 0.2) is 6.10 Å². The molecule has 0 aromatic heterocycles. The smallest absolute Gasteiger partial charge is 0.475 e. The predicted octanol–water partition coefficient (Wildman–Crippen LogP) is 6.24. The van der Waals surface area contributed by atoms with Crippen LogP contribution in [0.15, 0.2) is 0 Å². The first kappa shape index (κ1) is 88.7. The maximum absolute atomic E-state index is 13.0. The van der Waals surface area contributed by atoms with Gasteiger partial charge < -0.3 is 76.6 Å². The molecule has 0 spiro atoms. The van der Waals surface area contributed by atoms with Gasteiger partial charge in [0.25, 0.3) is 0 Å². The monoisotopic (exact) mass is 1350 g/mol. The highest BCUT2D eigenvalue weighted by Crippen LogP contribution is 2.43. The number of carbonyl (C=O) groups is 10. The maximum Gasteiger partial charge on any atom is 0.490 e. The first-order chi connectivity index (χ1) is 43.5. The van der Waals surface area contributed by atoms with E-state index in [2.05, 4.69) is 40.4 Å².